The second kappa shape index (κ2) is 6.58. The lowest BCUT2D eigenvalue weighted by Crippen LogP contribution is -2.33. The fraction of sp³-hybridized carbons (Fsp3) is 0.727. The largest absolute Gasteiger partial charge is 0.396 e. The van der Waals surface area contributed by atoms with Crippen LogP contribution in [0.15, 0.2) is 12.4 Å². The van der Waals surface area contributed by atoms with Crippen molar-refractivity contribution in [1.82, 2.24) is 14.7 Å². The molecule has 1 heterocycles. The van der Waals surface area contributed by atoms with Gasteiger partial charge in [-0.15, -0.1) is 0 Å². The molecular weight excluding hydrogens is 220 g/mol. The van der Waals surface area contributed by atoms with Crippen molar-refractivity contribution in [1.29, 1.82) is 0 Å². The lowest BCUT2D eigenvalue weighted by atomic mass is 10.2. The number of hydrogen-bond donors (Lipinski definition) is 3. The van der Waals surface area contributed by atoms with Crippen LogP contribution in [0.2, 0.25) is 0 Å². The molecular formula is C11H22N4O2. The molecule has 6 nitrogen and oxygen atoms in total. The normalized spacial score (nSPS) is 15.1. The van der Waals surface area contributed by atoms with Crippen molar-refractivity contribution in [2.24, 2.45) is 0 Å². The van der Waals surface area contributed by atoms with Crippen LogP contribution in [-0.2, 0) is 6.54 Å². The highest BCUT2D eigenvalue weighted by molar-refractivity contribution is 5.30. The Kier molecular flexibility index (Phi) is 5.40. The standard InChI is InChI=1S/C11H22N4O2/c1-9(16)3-4-14(2)7-11(17)8-15-6-10(12)5-13-15/h5-6,9,11,16-17H,3-4,7-8,12H2,1-2H3. The van der Waals surface area contributed by atoms with Gasteiger partial charge in [-0.25, -0.2) is 0 Å². The topological polar surface area (TPSA) is 87.5 Å². The second-order valence-electron chi connectivity index (χ2n) is 4.55. The number of nitrogens with two attached hydrogens (primary N) is 1. The molecule has 1 rings (SSSR count). The Morgan fingerprint density at radius 3 is 2.76 bits per heavy atom. The number of likely N-dealkylation sites (N-methyl/N-ethyl adjacent to an activating group) is 1. The second-order valence-corrected chi connectivity index (χ2v) is 4.55. The predicted molar refractivity (Wildman–Crippen MR) is 66.4 cm³/mol. The highest BCUT2D eigenvalue weighted by Crippen LogP contribution is 2.01. The van der Waals surface area contributed by atoms with Crippen molar-refractivity contribution in [3.63, 3.8) is 0 Å². The zero-order chi connectivity index (χ0) is 12.8. The first-order chi connectivity index (χ1) is 7.97. The molecule has 0 aromatic carbocycles. The zero-order valence-corrected chi connectivity index (χ0v) is 10.5. The fourth-order valence-corrected chi connectivity index (χ4v) is 1.61. The zero-order valence-electron chi connectivity index (χ0n) is 10.5. The van der Waals surface area contributed by atoms with Crippen molar-refractivity contribution in [2.45, 2.75) is 32.1 Å². The minimum atomic E-state index is -0.492. The molecule has 2 unspecified atom stereocenters. The van der Waals surface area contributed by atoms with E-state index >= 15 is 0 Å². The molecule has 0 saturated carbocycles. The maximum Gasteiger partial charge on any atom is 0.0862 e. The molecule has 0 spiro atoms. The SMILES string of the molecule is CC(O)CCN(C)CC(O)Cn1cc(N)cn1. The molecule has 6 heteroatoms. The first kappa shape index (κ1) is 14.0. The van der Waals surface area contributed by atoms with Gasteiger partial charge in [0, 0.05) is 19.3 Å². The van der Waals surface area contributed by atoms with E-state index in [0.717, 1.165) is 6.54 Å². The molecule has 0 bridgehead atoms. The van der Waals surface area contributed by atoms with Crippen LogP contribution in [0.5, 0.6) is 0 Å². The van der Waals surface area contributed by atoms with E-state index in [-0.39, 0.29) is 6.10 Å². The Balaban J connectivity index is 2.26. The number of aromatic nitrogens is 2. The Bertz CT molecular complexity index is 327. The molecule has 0 amide bonds. The van der Waals surface area contributed by atoms with Crippen molar-refractivity contribution in [3.05, 3.63) is 12.4 Å². The molecule has 1 aromatic rings. The van der Waals surface area contributed by atoms with Crippen LogP contribution >= 0.6 is 0 Å². The van der Waals surface area contributed by atoms with E-state index in [1.807, 2.05) is 11.9 Å². The number of anilines is 1. The summed E-state index contributed by atoms with van der Waals surface area (Å²) in [5.74, 6) is 0. The lowest BCUT2D eigenvalue weighted by Gasteiger charge is -2.21. The number of aliphatic hydroxyl groups is 2. The highest BCUT2D eigenvalue weighted by Gasteiger charge is 2.10. The van der Waals surface area contributed by atoms with E-state index in [4.69, 9.17) is 10.8 Å². The van der Waals surface area contributed by atoms with Crippen LogP contribution in [0.1, 0.15) is 13.3 Å². The van der Waals surface area contributed by atoms with E-state index in [1.54, 1.807) is 24.0 Å². The summed E-state index contributed by atoms with van der Waals surface area (Å²) < 4.78 is 1.63. The summed E-state index contributed by atoms with van der Waals surface area (Å²) in [5, 5.41) is 23.0. The average molecular weight is 242 g/mol. The van der Waals surface area contributed by atoms with E-state index in [2.05, 4.69) is 5.10 Å². The van der Waals surface area contributed by atoms with Gasteiger partial charge >= 0.3 is 0 Å². The Labute approximate surface area is 102 Å². The number of nitrogen functional groups attached to an aromatic ring is 1. The van der Waals surface area contributed by atoms with E-state index < -0.39 is 6.10 Å². The molecule has 17 heavy (non-hydrogen) atoms. The van der Waals surface area contributed by atoms with Gasteiger partial charge in [-0.2, -0.15) is 5.10 Å². The summed E-state index contributed by atoms with van der Waals surface area (Å²) in [6.45, 7) is 3.50. The lowest BCUT2D eigenvalue weighted by molar-refractivity contribution is 0.0959. The number of hydrogen-bond acceptors (Lipinski definition) is 5. The third-order valence-electron chi connectivity index (χ3n) is 2.50. The van der Waals surface area contributed by atoms with Gasteiger partial charge in [-0.1, -0.05) is 0 Å². The summed E-state index contributed by atoms with van der Waals surface area (Å²) in [6.07, 6.45) is 3.16. The molecule has 0 aliphatic heterocycles. The van der Waals surface area contributed by atoms with Gasteiger partial charge < -0.3 is 20.8 Å². The minimum absolute atomic E-state index is 0.305. The van der Waals surface area contributed by atoms with E-state index in [9.17, 15) is 5.11 Å². The maximum absolute atomic E-state index is 9.84. The van der Waals surface area contributed by atoms with Gasteiger partial charge in [0.05, 0.1) is 30.6 Å². The average Bonchev–Trinajstić information content (AvgIpc) is 2.60. The van der Waals surface area contributed by atoms with Crippen molar-refractivity contribution < 1.29 is 10.2 Å². The van der Waals surface area contributed by atoms with Crippen LogP contribution < -0.4 is 5.73 Å². The predicted octanol–water partition coefficient (Wildman–Crippen LogP) is -0.471. The van der Waals surface area contributed by atoms with Crippen molar-refractivity contribution >= 4 is 5.69 Å². The summed E-state index contributed by atoms with van der Waals surface area (Å²) in [6, 6.07) is 0. The van der Waals surface area contributed by atoms with Crippen molar-refractivity contribution in [2.75, 3.05) is 25.9 Å². The summed E-state index contributed by atoms with van der Waals surface area (Å²) in [4.78, 5) is 1.99. The molecule has 98 valence electrons. The molecule has 0 radical (unpaired) electrons. The Morgan fingerprint density at radius 1 is 1.53 bits per heavy atom. The minimum Gasteiger partial charge on any atom is -0.396 e. The molecule has 0 aliphatic carbocycles. The van der Waals surface area contributed by atoms with Crippen LogP contribution in [-0.4, -0.2) is 57.2 Å². The highest BCUT2D eigenvalue weighted by atomic mass is 16.3. The molecule has 0 fully saturated rings. The van der Waals surface area contributed by atoms with E-state index in [0.29, 0.717) is 25.2 Å². The van der Waals surface area contributed by atoms with Crippen LogP contribution in [0.4, 0.5) is 5.69 Å². The van der Waals surface area contributed by atoms with Gasteiger partial charge in [-0.3, -0.25) is 4.68 Å². The monoisotopic (exact) mass is 242 g/mol. The first-order valence-electron chi connectivity index (χ1n) is 5.80. The van der Waals surface area contributed by atoms with Crippen LogP contribution in [0.25, 0.3) is 0 Å². The number of aliphatic hydroxyl groups excluding tert-OH is 2. The molecule has 0 aliphatic rings. The molecule has 4 N–H and O–H groups in total. The van der Waals surface area contributed by atoms with Gasteiger partial charge in [-0.05, 0) is 20.4 Å². The number of rotatable bonds is 7. The number of nitrogens with zero attached hydrogens (tertiary/aromatic N) is 3. The summed E-state index contributed by atoms with van der Waals surface area (Å²) >= 11 is 0. The Morgan fingerprint density at radius 2 is 2.24 bits per heavy atom. The molecule has 1 aromatic heterocycles. The van der Waals surface area contributed by atoms with Gasteiger partial charge in [0.25, 0.3) is 0 Å². The van der Waals surface area contributed by atoms with Crippen LogP contribution in [0, 0.1) is 0 Å². The summed E-state index contributed by atoms with van der Waals surface area (Å²) in [7, 11) is 1.92. The smallest absolute Gasteiger partial charge is 0.0862 e. The molecule has 2 atom stereocenters. The Hall–Kier alpha value is -1.11. The maximum atomic E-state index is 9.84. The van der Waals surface area contributed by atoms with Crippen LogP contribution in [0.3, 0.4) is 0 Å². The quantitative estimate of drug-likeness (QED) is 0.601. The first-order valence-corrected chi connectivity index (χ1v) is 5.80. The van der Waals surface area contributed by atoms with Gasteiger partial charge in [0.2, 0.25) is 0 Å². The van der Waals surface area contributed by atoms with Crippen molar-refractivity contribution in [3.8, 4) is 0 Å². The fourth-order valence-electron chi connectivity index (χ4n) is 1.61. The summed E-state index contributed by atoms with van der Waals surface area (Å²) in [5.41, 5.74) is 6.13. The van der Waals surface area contributed by atoms with Gasteiger partial charge in [0.1, 0.15) is 0 Å². The molecule has 0 saturated heterocycles. The third kappa shape index (κ3) is 5.67. The van der Waals surface area contributed by atoms with Gasteiger partial charge in [0.15, 0.2) is 0 Å². The third-order valence-corrected chi connectivity index (χ3v) is 2.50. The van der Waals surface area contributed by atoms with E-state index in [1.165, 1.54) is 0 Å².